The maximum Gasteiger partial charge on any atom is 0.350 e. The van der Waals surface area contributed by atoms with Gasteiger partial charge in [-0.3, -0.25) is 0 Å². The average molecular weight is 689 g/mol. The predicted octanol–water partition coefficient (Wildman–Crippen LogP) is 5.06. The van der Waals surface area contributed by atoms with E-state index in [1.54, 1.807) is 27.7 Å². The summed E-state index contributed by atoms with van der Waals surface area (Å²) in [6, 6.07) is 20.6. The first kappa shape index (κ1) is 32.8. The molecule has 2 aromatic heterocycles. The van der Waals surface area contributed by atoms with Crippen LogP contribution < -0.4 is 20.2 Å². The first-order valence-electron chi connectivity index (χ1n) is 16.4. The van der Waals surface area contributed by atoms with Crippen molar-refractivity contribution in [2.45, 2.75) is 44.7 Å². The highest BCUT2D eigenvalue weighted by Crippen LogP contribution is 2.38. The average Bonchev–Trinajstić information content (AvgIpc) is 3.88. The molecule has 2 aliphatic rings. The molecule has 0 radical (unpaired) electrons. The molecule has 5 aromatic rings. The fourth-order valence-corrected chi connectivity index (χ4v) is 6.40. The topological polar surface area (TPSA) is 105 Å². The van der Waals surface area contributed by atoms with Crippen molar-refractivity contribution in [1.82, 2.24) is 29.1 Å². The molecule has 4 heterocycles. The van der Waals surface area contributed by atoms with Gasteiger partial charge < -0.3 is 24.0 Å². The van der Waals surface area contributed by atoms with Crippen molar-refractivity contribution in [2.24, 2.45) is 0 Å². The third-order valence-electron chi connectivity index (χ3n) is 9.15. The fraction of sp³-hybridized carbons (Fsp3) is 0.371. The molecule has 0 saturated carbocycles. The molecule has 0 bridgehead atoms. The number of nitrogens with zero attached hydrogens (tertiary/aromatic N) is 8. The van der Waals surface area contributed by atoms with Crippen molar-refractivity contribution in [3.63, 3.8) is 0 Å². The van der Waals surface area contributed by atoms with Crippen LogP contribution in [0.2, 0.25) is 5.02 Å². The van der Waals surface area contributed by atoms with E-state index in [0.717, 1.165) is 49.7 Å². The van der Waals surface area contributed by atoms with Crippen molar-refractivity contribution in [3.8, 4) is 11.4 Å². The number of hydrogen-bond donors (Lipinski definition) is 0. The number of benzene rings is 3. The first-order chi connectivity index (χ1) is 23.8. The van der Waals surface area contributed by atoms with E-state index >= 15 is 4.39 Å². The maximum absolute atomic E-state index is 15.0. The van der Waals surface area contributed by atoms with Gasteiger partial charge in [-0.05, 0) is 80.1 Å². The molecule has 3 aromatic carbocycles. The molecule has 256 valence electrons. The minimum atomic E-state index is -1.40. The van der Waals surface area contributed by atoms with Gasteiger partial charge in [0.25, 0.3) is 0 Å². The first-order valence-corrected chi connectivity index (χ1v) is 16.8. The van der Waals surface area contributed by atoms with E-state index in [9.17, 15) is 4.79 Å². The molecular formula is C35H38ClFN8O4. The zero-order valence-corrected chi connectivity index (χ0v) is 28.1. The molecule has 3 unspecified atom stereocenters. The number of anilines is 2. The Bertz CT molecular complexity index is 1910. The van der Waals surface area contributed by atoms with Gasteiger partial charge in [0.1, 0.15) is 49.8 Å². The van der Waals surface area contributed by atoms with Crippen molar-refractivity contribution < 1.29 is 18.6 Å². The molecule has 2 saturated heterocycles. The fourth-order valence-electron chi connectivity index (χ4n) is 6.24. The second-order valence-corrected chi connectivity index (χ2v) is 12.7. The summed E-state index contributed by atoms with van der Waals surface area (Å²) in [5.41, 5.74) is 3.15. The Balaban J connectivity index is 0.925. The van der Waals surface area contributed by atoms with Crippen LogP contribution in [0.25, 0.3) is 5.69 Å². The Kier molecular flexibility index (Phi) is 9.39. The highest BCUT2D eigenvalue weighted by molar-refractivity contribution is 6.30. The lowest BCUT2D eigenvalue weighted by Gasteiger charge is -2.37. The number of aromatic nitrogens is 6. The molecule has 0 spiro atoms. The lowest BCUT2D eigenvalue weighted by molar-refractivity contribution is -0.192. The van der Waals surface area contributed by atoms with Crippen LogP contribution in [0.3, 0.4) is 0 Å². The minimum Gasteiger partial charge on any atom is -0.491 e. The van der Waals surface area contributed by atoms with Crippen LogP contribution in [0.5, 0.6) is 5.75 Å². The largest absolute Gasteiger partial charge is 0.491 e. The second kappa shape index (κ2) is 14.0. The number of halogens is 2. The zero-order valence-electron chi connectivity index (χ0n) is 27.4. The van der Waals surface area contributed by atoms with Gasteiger partial charge >= 0.3 is 5.69 Å². The van der Waals surface area contributed by atoms with Gasteiger partial charge in [0.2, 0.25) is 5.79 Å². The Morgan fingerprint density at radius 1 is 0.959 bits per heavy atom. The van der Waals surface area contributed by atoms with Crippen LogP contribution in [0.1, 0.15) is 31.9 Å². The van der Waals surface area contributed by atoms with Gasteiger partial charge in [0.15, 0.2) is 0 Å². The molecule has 0 aliphatic carbocycles. The summed E-state index contributed by atoms with van der Waals surface area (Å²) in [5.74, 6) is -1.23. The number of piperazine rings is 1. The van der Waals surface area contributed by atoms with Gasteiger partial charge in [-0.25, -0.2) is 28.1 Å². The molecule has 12 nitrogen and oxygen atoms in total. The van der Waals surface area contributed by atoms with Crippen molar-refractivity contribution >= 4 is 23.0 Å². The van der Waals surface area contributed by atoms with E-state index in [2.05, 4.69) is 49.2 Å². The molecule has 2 fully saturated rings. The molecule has 14 heteroatoms. The summed E-state index contributed by atoms with van der Waals surface area (Å²) < 4.78 is 38.2. The molecule has 0 amide bonds. The van der Waals surface area contributed by atoms with Gasteiger partial charge in [-0.2, -0.15) is 10.2 Å². The van der Waals surface area contributed by atoms with Crippen molar-refractivity contribution in [2.75, 3.05) is 49.2 Å². The van der Waals surface area contributed by atoms with Gasteiger partial charge in [-0.1, -0.05) is 18.5 Å². The monoisotopic (exact) mass is 688 g/mol. The Morgan fingerprint density at radius 3 is 2.27 bits per heavy atom. The Hall–Kier alpha value is -4.72. The van der Waals surface area contributed by atoms with Crippen LogP contribution in [-0.4, -0.2) is 74.6 Å². The molecular weight excluding hydrogens is 651 g/mol. The maximum atomic E-state index is 15.0. The standard InChI is InChI=1S/C35H38ClFN8O4/c1-3-25(2)45-34(46)44(24-40-45)29-7-5-27(6-8-29)41-14-16-42(17-15-41)28-9-11-30(12-10-28)47-19-31-20-48-35(49-31,21-43-23-38-22-39-43)32-13-4-26(36)18-33(32)37/h4-13,18,22-25,31H,3,14-17,19-21H2,1-2H3. The summed E-state index contributed by atoms with van der Waals surface area (Å²) in [4.78, 5) is 21.5. The predicted molar refractivity (Wildman–Crippen MR) is 183 cm³/mol. The molecule has 49 heavy (non-hydrogen) atoms. The summed E-state index contributed by atoms with van der Waals surface area (Å²) >= 11 is 6.00. The summed E-state index contributed by atoms with van der Waals surface area (Å²) in [7, 11) is 0. The highest BCUT2D eigenvalue weighted by Gasteiger charge is 2.46. The quantitative estimate of drug-likeness (QED) is 0.188. The molecule has 2 aliphatic heterocycles. The van der Waals surface area contributed by atoms with E-state index in [0.29, 0.717) is 5.75 Å². The van der Waals surface area contributed by atoms with Gasteiger partial charge in [0, 0.05) is 48.1 Å². The third-order valence-corrected chi connectivity index (χ3v) is 9.39. The lowest BCUT2D eigenvalue weighted by atomic mass is 10.0. The van der Waals surface area contributed by atoms with E-state index < -0.39 is 17.7 Å². The van der Waals surface area contributed by atoms with E-state index in [4.69, 9.17) is 25.8 Å². The number of ether oxygens (including phenoxy) is 3. The van der Waals surface area contributed by atoms with E-state index in [-0.39, 0.29) is 42.1 Å². The normalized spacial score (nSPS) is 20.1. The Labute approximate surface area is 288 Å². The van der Waals surface area contributed by atoms with E-state index in [1.807, 2.05) is 38.1 Å². The number of rotatable bonds is 11. The van der Waals surface area contributed by atoms with Gasteiger partial charge in [-0.15, -0.1) is 0 Å². The van der Waals surface area contributed by atoms with Crippen LogP contribution in [0, 0.1) is 5.82 Å². The van der Waals surface area contributed by atoms with Crippen molar-refractivity contribution in [3.05, 3.63) is 113 Å². The third kappa shape index (κ3) is 6.91. The van der Waals surface area contributed by atoms with E-state index in [1.165, 1.54) is 23.4 Å². The zero-order chi connectivity index (χ0) is 34.0. The van der Waals surface area contributed by atoms with Crippen LogP contribution in [0.4, 0.5) is 15.8 Å². The minimum absolute atomic E-state index is 0.0577. The van der Waals surface area contributed by atoms with Crippen molar-refractivity contribution in [1.29, 1.82) is 0 Å². The second-order valence-electron chi connectivity index (χ2n) is 12.3. The lowest BCUT2D eigenvalue weighted by Crippen LogP contribution is -2.46. The van der Waals surface area contributed by atoms with Crippen LogP contribution in [-0.2, 0) is 21.8 Å². The summed E-state index contributed by atoms with van der Waals surface area (Å²) in [6.07, 6.45) is 4.93. The van der Waals surface area contributed by atoms with Crippen LogP contribution >= 0.6 is 11.6 Å². The summed E-state index contributed by atoms with van der Waals surface area (Å²) in [5, 5.41) is 8.73. The molecule has 7 rings (SSSR count). The number of hydrogen-bond acceptors (Lipinski definition) is 9. The smallest absolute Gasteiger partial charge is 0.350 e. The molecule has 3 atom stereocenters. The highest BCUT2D eigenvalue weighted by atomic mass is 35.5. The Morgan fingerprint density at radius 2 is 1.63 bits per heavy atom. The SMILES string of the molecule is CCC(C)n1ncn(-c2ccc(N3CCN(c4ccc(OCC5COC(Cn6cncn6)(c6ccc(Cl)cc6F)O5)cc4)CC3)cc2)c1=O. The molecule has 0 N–H and O–H groups in total. The summed E-state index contributed by atoms with van der Waals surface area (Å²) in [6.45, 7) is 8.05. The van der Waals surface area contributed by atoms with Crippen LogP contribution in [0.15, 0.2) is 90.5 Å². The van der Waals surface area contributed by atoms with Gasteiger partial charge in [0.05, 0.1) is 18.3 Å².